The fraction of sp³-hybridized carbons (Fsp3) is 0. The number of rotatable bonds is 1. The summed E-state index contributed by atoms with van der Waals surface area (Å²) in [4.78, 5) is 16.0. The number of pyridine rings is 1. The molecule has 1 rings (SSSR count). The number of aromatic nitrogens is 1. The second-order valence-corrected chi connectivity index (χ2v) is 1.98. The Balaban J connectivity index is 3.16. The maximum Gasteiger partial charge on any atom is 0.270 e. The monoisotopic (exact) mass is 184 g/mol. The highest BCUT2D eigenvalue weighted by Crippen LogP contribution is 2.06. The van der Waals surface area contributed by atoms with Crippen molar-refractivity contribution in [3.63, 3.8) is 0 Å². The number of halogens is 2. The van der Waals surface area contributed by atoms with Crippen LogP contribution in [0.15, 0.2) is 17.4 Å². The summed E-state index contributed by atoms with van der Waals surface area (Å²) >= 11 is 0. The molecule has 0 atom stereocenters. The van der Waals surface area contributed by atoms with Crippen LogP contribution in [0.2, 0.25) is 0 Å². The quantitative estimate of drug-likeness (QED) is 0.379. The summed E-state index contributed by atoms with van der Waals surface area (Å²) in [5, 5.41) is 2.60. The van der Waals surface area contributed by atoms with Crippen molar-refractivity contribution in [3.05, 3.63) is 40.0 Å². The summed E-state index contributed by atoms with van der Waals surface area (Å²) in [5.41, 5.74) is 7.16. The van der Waals surface area contributed by atoms with Crippen LogP contribution in [-0.2, 0) is 0 Å². The van der Waals surface area contributed by atoms with Gasteiger partial charge in [0.25, 0.3) is 5.91 Å². The minimum Gasteiger partial charge on any atom is -0.285 e. The van der Waals surface area contributed by atoms with E-state index in [-0.39, 0.29) is 0 Å². The molecule has 0 radical (unpaired) electrons. The third-order valence-corrected chi connectivity index (χ3v) is 1.15. The van der Waals surface area contributed by atoms with Crippen molar-refractivity contribution in [2.75, 3.05) is 0 Å². The maximum absolute atomic E-state index is 12.7. The van der Waals surface area contributed by atoms with E-state index in [0.29, 0.717) is 12.3 Å². The molecule has 0 unspecified atom stereocenters. The Bertz CT molecular complexity index is 400. The Morgan fingerprint density at radius 2 is 2.31 bits per heavy atom. The lowest BCUT2D eigenvalue weighted by molar-refractivity contribution is 0.0991. The van der Waals surface area contributed by atoms with Gasteiger partial charge in [-0.15, -0.1) is 0 Å². The molecule has 1 aromatic heterocycles. The first-order chi connectivity index (χ1) is 6.15. The van der Waals surface area contributed by atoms with Gasteiger partial charge in [-0.2, -0.15) is 0 Å². The lowest BCUT2D eigenvalue weighted by atomic mass is 10.3. The minimum absolute atomic E-state index is 0.479. The molecule has 7 heteroatoms. The summed E-state index contributed by atoms with van der Waals surface area (Å²) < 4.78 is 25.0. The first kappa shape index (κ1) is 9.08. The zero-order valence-electron chi connectivity index (χ0n) is 6.11. The number of nitrogens with zero attached hydrogens (tertiary/aromatic N) is 4. The van der Waals surface area contributed by atoms with Crippen molar-refractivity contribution in [2.45, 2.75) is 0 Å². The van der Waals surface area contributed by atoms with Crippen LogP contribution >= 0.6 is 0 Å². The van der Waals surface area contributed by atoms with Crippen LogP contribution < -0.4 is 0 Å². The predicted octanol–water partition coefficient (Wildman–Crippen LogP) is 1.81. The number of azide groups is 1. The summed E-state index contributed by atoms with van der Waals surface area (Å²) in [6.07, 6.45) is 0.656. The fourth-order valence-electron chi connectivity index (χ4n) is 0.660. The highest BCUT2D eigenvalue weighted by Gasteiger charge is 2.12. The molecule has 0 N–H and O–H groups in total. The second-order valence-electron chi connectivity index (χ2n) is 1.98. The van der Waals surface area contributed by atoms with Crippen molar-refractivity contribution < 1.29 is 13.6 Å². The van der Waals surface area contributed by atoms with Crippen molar-refractivity contribution in [3.8, 4) is 0 Å². The smallest absolute Gasteiger partial charge is 0.270 e. The van der Waals surface area contributed by atoms with Gasteiger partial charge in [0.1, 0.15) is 11.5 Å². The Kier molecular flexibility index (Phi) is 2.51. The highest BCUT2D eigenvalue weighted by atomic mass is 19.1. The molecule has 5 nitrogen and oxygen atoms in total. The van der Waals surface area contributed by atoms with E-state index in [9.17, 15) is 13.6 Å². The molecular weight excluding hydrogens is 182 g/mol. The molecule has 0 bridgehead atoms. The highest BCUT2D eigenvalue weighted by molar-refractivity contribution is 5.93. The van der Waals surface area contributed by atoms with E-state index in [0.717, 1.165) is 0 Å². The Hall–Kier alpha value is -2.01. The molecule has 1 aromatic rings. The number of carbonyl (C=O) groups is 1. The van der Waals surface area contributed by atoms with Gasteiger partial charge < -0.3 is 0 Å². The average molecular weight is 184 g/mol. The lowest BCUT2D eigenvalue weighted by Crippen LogP contribution is -2.02. The van der Waals surface area contributed by atoms with Crippen LogP contribution in [0.5, 0.6) is 0 Å². The Morgan fingerprint density at radius 1 is 1.62 bits per heavy atom. The molecule has 0 fully saturated rings. The van der Waals surface area contributed by atoms with Gasteiger partial charge in [-0.05, 0) is 10.6 Å². The first-order valence-electron chi connectivity index (χ1n) is 3.05. The number of hydrogen-bond donors (Lipinski definition) is 0. The maximum atomic E-state index is 12.7. The molecule has 0 aliphatic heterocycles. The molecule has 0 aliphatic carbocycles. The van der Waals surface area contributed by atoms with Crippen LogP contribution in [0.25, 0.3) is 10.4 Å². The van der Waals surface area contributed by atoms with Crippen LogP contribution in [0.1, 0.15) is 10.5 Å². The van der Waals surface area contributed by atoms with Gasteiger partial charge in [0.2, 0.25) is 0 Å². The van der Waals surface area contributed by atoms with Gasteiger partial charge in [0.15, 0.2) is 5.82 Å². The Morgan fingerprint density at radius 3 is 2.85 bits per heavy atom. The summed E-state index contributed by atoms with van der Waals surface area (Å²) in [6, 6.07) is 0.479. The molecule has 13 heavy (non-hydrogen) atoms. The second kappa shape index (κ2) is 3.59. The third-order valence-electron chi connectivity index (χ3n) is 1.15. The van der Waals surface area contributed by atoms with E-state index in [2.05, 4.69) is 15.0 Å². The molecular formula is C6H2F2N4O. The molecule has 0 aromatic carbocycles. The summed E-state index contributed by atoms with van der Waals surface area (Å²) in [5.74, 6) is -3.24. The van der Waals surface area contributed by atoms with Gasteiger partial charge in [0, 0.05) is 11.0 Å². The standard InChI is InChI=1S/C6H2F2N4O/c7-3-1-4(8)5(10-2-3)6(13)11-12-9/h1-2H. The van der Waals surface area contributed by atoms with E-state index in [4.69, 9.17) is 5.53 Å². The van der Waals surface area contributed by atoms with Gasteiger partial charge in [-0.3, -0.25) is 4.79 Å². The van der Waals surface area contributed by atoms with Crippen molar-refractivity contribution >= 4 is 5.91 Å². The molecule has 1 heterocycles. The van der Waals surface area contributed by atoms with Crippen LogP contribution in [0.3, 0.4) is 0 Å². The Labute approximate surface area is 70.6 Å². The molecule has 1 amide bonds. The molecule has 0 aliphatic rings. The normalized spacial score (nSPS) is 9.08. The number of hydrogen-bond acceptors (Lipinski definition) is 2. The van der Waals surface area contributed by atoms with Gasteiger partial charge >= 0.3 is 0 Å². The zero-order valence-corrected chi connectivity index (χ0v) is 6.11. The van der Waals surface area contributed by atoms with Crippen LogP contribution in [0.4, 0.5) is 8.78 Å². The fourth-order valence-corrected chi connectivity index (χ4v) is 0.660. The summed E-state index contributed by atoms with van der Waals surface area (Å²) in [6.45, 7) is 0. The van der Waals surface area contributed by atoms with Crippen LogP contribution in [0, 0.1) is 11.6 Å². The van der Waals surface area contributed by atoms with E-state index in [1.165, 1.54) is 0 Å². The van der Waals surface area contributed by atoms with Crippen LogP contribution in [-0.4, -0.2) is 10.9 Å². The molecule has 0 saturated carbocycles. The van der Waals surface area contributed by atoms with Crippen molar-refractivity contribution in [1.29, 1.82) is 0 Å². The average Bonchev–Trinajstić information content (AvgIpc) is 2.04. The molecule has 0 saturated heterocycles. The zero-order chi connectivity index (χ0) is 9.84. The number of amides is 1. The largest absolute Gasteiger partial charge is 0.285 e. The van der Waals surface area contributed by atoms with E-state index >= 15 is 0 Å². The van der Waals surface area contributed by atoms with Gasteiger partial charge in [-0.1, -0.05) is 0 Å². The minimum atomic E-state index is -1.18. The topological polar surface area (TPSA) is 78.7 Å². The predicted molar refractivity (Wildman–Crippen MR) is 37.6 cm³/mol. The first-order valence-corrected chi connectivity index (χ1v) is 3.05. The van der Waals surface area contributed by atoms with E-state index in [1.807, 2.05) is 0 Å². The lowest BCUT2D eigenvalue weighted by Gasteiger charge is -1.95. The third kappa shape index (κ3) is 1.97. The molecule has 66 valence electrons. The van der Waals surface area contributed by atoms with Gasteiger partial charge in [0.05, 0.1) is 6.20 Å². The number of carbonyl (C=O) groups excluding carboxylic acids is 1. The van der Waals surface area contributed by atoms with E-state index < -0.39 is 23.2 Å². The van der Waals surface area contributed by atoms with Crippen molar-refractivity contribution in [1.82, 2.24) is 4.98 Å². The molecule has 0 spiro atoms. The summed E-state index contributed by atoms with van der Waals surface area (Å²) in [7, 11) is 0. The van der Waals surface area contributed by atoms with Gasteiger partial charge in [-0.25, -0.2) is 13.8 Å². The van der Waals surface area contributed by atoms with E-state index in [1.54, 1.807) is 0 Å². The van der Waals surface area contributed by atoms with Crippen molar-refractivity contribution in [2.24, 2.45) is 5.11 Å². The SMILES string of the molecule is [N-]=[N+]=NC(=O)c1ncc(F)cc1F.